The lowest BCUT2D eigenvalue weighted by Gasteiger charge is -2.32. The number of piperidine rings is 1. The normalized spacial score (nSPS) is 20.2. The van der Waals surface area contributed by atoms with Crippen molar-refractivity contribution in [2.24, 2.45) is 0 Å². The van der Waals surface area contributed by atoms with Crippen LogP contribution in [-0.2, 0) is 0 Å². The van der Waals surface area contributed by atoms with Crippen LogP contribution in [0, 0.1) is 0 Å². The van der Waals surface area contributed by atoms with Gasteiger partial charge in [-0.15, -0.1) is 0 Å². The number of hydrogen-bond donors (Lipinski definition) is 1. The van der Waals surface area contributed by atoms with Gasteiger partial charge in [0.15, 0.2) is 0 Å². The third-order valence-corrected chi connectivity index (χ3v) is 3.79. The Kier molecular flexibility index (Phi) is 5.52. The highest BCUT2D eigenvalue weighted by Crippen LogP contribution is 2.18. The van der Waals surface area contributed by atoms with Gasteiger partial charge in [0, 0.05) is 18.3 Å². The zero-order valence-corrected chi connectivity index (χ0v) is 12.2. The monoisotopic (exact) mass is 262 g/mol. The standard InChI is InChI=1S/C16H26N2O/c1-3-12-19-16-9-7-14(8-10-16)17-13-15-6-4-5-11-18(15)2/h7-10,15,17H,3-6,11-13H2,1-2H3. The fourth-order valence-electron chi connectivity index (χ4n) is 2.53. The van der Waals surface area contributed by atoms with Crippen LogP contribution in [0.5, 0.6) is 5.75 Å². The maximum atomic E-state index is 5.59. The fraction of sp³-hybridized carbons (Fsp3) is 0.625. The van der Waals surface area contributed by atoms with E-state index in [1.807, 2.05) is 12.1 Å². The minimum absolute atomic E-state index is 0.671. The summed E-state index contributed by atoms with van der Waals surface area (Å²) in [4.78, 5) is 2.47. The largest absolute Gasteiger partial charge is 0.494 e. The van der Waals surface area contributed by atoms with E-state index in [0.29, 0.717) is 6.04 Å². The lowest BCUT2D eigenvalue weighted by atomic mass is 10.0. The molecule has 1 saturated heterocycles. The molecular formula is C16H26N2O. The summed E-state index contributed by atoms with van der Waals surface area (Å²) in [7, 11) is 2.23. The van der Waals surface area contributed by atoms with Gasteiger partial charge in [-0.3, -0.25) is 0 Å². The molecule has 0 saturated carbocycles. The smallest absolute Gasteiger partial charge is 0.119 e. The second-order valence-electron chi connectivity index (χ2n) is 5.38. The molecule has 1 aromatic rings. The number of likely N-dealkylation sites (tertiary alicyclic amines) is 1. The highest BCUT2D eigenvalue weighted by Gasteiger charge is 2.18. The number of hydrogen-bond acceptors (Lipinski definition) is 3. The molecule has 1 atom stereocenters. The van der Waals surface area contributed by atoms with Crippen LogP contribution in [0.3, 0.4) is 0 Å². The summed E-state index contributed by atoms with van der Waals surface area (Å²) in [5, 5.41) is 3.53. The summed E-state index contributed by atoms with van der Waals surface area (Å²) in [6, 6.07) is 8.97. The average Bonchev–Trinajstić information content (AvgIpc) is 2.45. The zero-order valence-electron chi connectivity index (χ0n) is 12.2. The second-order valence-corrected chi connectivity index (χ2v) is 5.38. The Hall–Kier alpha value is -1.22. The first kappa shape index (κ1) is 14.2. The molecule has 2 rings (SSSR count). The summed E-state index contributed by atoms with van der Waals surface area (Å²) in [5.74, 6) is 0.960. The molecule has 19 heavy (non-hydrogen) atoms. The topological polar surface area (TPSA) is 24.5 Å². The van der Waals surface area contributed by atoms with Crippen molar-refractivity contribution >= 4 is 5.69 Å². The van der Waals surface area contributed by atoms with E-state index in [0.717, 1.165) is 25.3 Å². The summed E-state index contributed by atoms with van der Waals surface area (Å²) in [6.45, 7) is 5.18. The Labute approximate surface area is 116 Å². The van der Waals surface area contributed by atoms with Crippen LogP contribution in [0.25, 0.3) is 0 Å². The van der Waals surface area contributed by atoms with E-state index in [-0.39, 0.29) is 0 Å². The third kappa shape index (κ3) is 4.43. The van der Waals surface area contributed by atoms with Crippen molar-refractivity contribution in [3.8, 4) is 5.75 Å². The van der Waals surface area contributed by atoms with Gasteiger partial charge in [0.25, 0.3) is 0 Å². The van der Waals surface area contributed by atoms with Crippen molar-refractivity contribution in [1.29, 1.82) is 0 Å². The van der Waals surface area contributed by atoms with Gasteiger partial charge in [-0.25, -0.2) is 0 Å². The Bertz CT molecular complexity index is 364. The molecule has 1 heterocycles. The minimum Gasteiger partial charge on any atom is -0.494 e. The Morgan fingerprint density at radius 1 is 1.26 bits per heavy atom. The van der Waals surface area contributed by atoms with E-state index in [1.165, 1.54) is 31.5 Å². The second kappa shape index (κ2) is 7.39. The Balaban J connectivity index is 1.79. The molecule has 106 valence electrons. The van der Waals surface area contributed by atoms with Gasteiger partial charge in [-0.05, 0) is 57.1 Å². The third-order valence-electron chi connectivity index (χ3n) is 3.79. The van der Waals surface area contributed by atoms with E-state index in [4.69, 9.17) is 4.74 Å². The highest BCUT2D eigenvalue weighted by molar-refractivity contribution is 5.46. The fourth-order valence-corrected chi connectivity index (χ4v) is 2.53. The lowest BCUT2D eigenvalue weighted by Crippen LogP contribution is -2.40. The quantitative estimate of drug-likeness (QED) is 0.850. The SMILES string of the molecule is CCCOc1ccc(NCC2CCCCN2C)cc1. The molecule has 3 nitrogen and oxygen atoms in total. The number of benzene rings is 1. The van der Waals surface area contributed by atoms with E-state index >= 15 is 0 Å². The van der Waals surface area contributed by atoms with Crippen molar-refractivity contribution in [3.63, 3.8) is 0 Å². The molecule has 1 aliphatic rings. The summed E-state index contributed by atoms with van der Waals surface area (Å²) < 4.78 is 5.59. The number of nitrogens with zero attached hydrogens (tertiary/aromatic N) is 1. The van der Waals surface area contributed by atoms with Gasteiger partial charge < -0.3 is 15.0 Å². The molecule has 0 aliphatic carbocycles. The van der Waals surface area contributed by atoms with Gasteiger partial charge in [0.05, 0.1) is 6.61 Å². The number of likely N-dealkylation sites (N-methyl/N-ethyl adjacent to an activating group) is 1. The summed E-state index contributed by atoms with van der Waals surface area (Å²) in [6.07, 6.45) is 5.06. The maximum Gasteiger partial charge on any atom is 0.119 e. The molecule has 1 aliphatic heterocycles. The minimum atomic E-state index is 0.671. The summed E-state index contributed by atoms with van der Waals surface area (Å²) >= 11 is 0. The van der Waals surface area contributed by atoms with Crippen LogP contribution in [0.15, 0.2) is 24.3 Å². The van der Waals surface area contributed by atoms with Gasteiger partial charge in [0.1, 0.15) is 5.75 Å². The van der Waals surface area contributed by atoms with Crippen LogP contribution < -0.4 is 10.1 Å². The van der Waals surface area contributed by atoms with Crippen LogP contribution >= 0.6 is 0 Å². The number of anilines is 1. The lowest BCUT2D eigenvalue weighted by molar-refractivity contribution is 0.194. The molecule has 1 unspecified atom stereocenters. The molecule has 0 radical (unpaired) electrons. The molecule has 0 bridgehead atoms. The average molecular weight is 262 g/mol. The van der Waals surface area contributed by atoms with Crippen molar-refractivity contribution < 1.29 is 4.74 Å². The van der Waals surface area contributed by atoms with E-state index in [2.05, 4.69) is 36.3 Å². The number of ether oxygens (including phenoxy) is 1. The predicted octanol–water partition coefficient (Wildman–Crippen LogP) is 3.37. The first-order valence-electron chi connectivity index (χ1n) is 7.46. The van der Waals surface area contributed by atoms with Crippen LogP contribution in [-0.4, -0.2) is 37.7 Å². The Morgan fingerprint density at radius 3 is 2.74 bits per heavy atom. The number of rotatable bonds is 6. The molecule has 0 spiro atoms. The zero-order chi connectivity index (χ0) is 13.5. The molecule has 1 N–H and O–H groups in total. The predicted molar refractivity (Wildman–Crippen MR) is 81.0 cm³/mol. The summed E-state index contributed by atoms with van der Waals surface area (Å²) in [5.41, 5.74) is 1.18. The van der Waals surface area contributed by atoms with E-state index < -0.39 is 0 Å². The van der Waals surface area contributed by atoms with Crippen LogP contribution in [0.4, 0.5) is 5.69 Å². The van der Waals surface area contributed by atoms with Crippen molar-refractivity contribution in [3.05, 3.63) is 24.3 Å². The van der Waals surface area contributed by atoms with Gasteiger partial charge in [-0.2, -0.15) is 0 Å². The van der Waals surface area contributed by atoms with E-state index in [9.17, 15) is 0 Å². The number of nitrogens with one attached hydrogen (secondary N) is 1. The van der Waals surface area contributed by atoms with E-state index in [1.54, 1.807) is 0 Å². The Morgan fingerprint density at radius 2 is 2.05 bits per heavy atom. The van der Waals surface area contributed by atoms with Gasteiger partial charge in [0.2, 0.25) is 0 Å². The molecule has 1 fully saturated rings. The van der Waals surface area contributed by atoms with Crippen molar-refractivity contribution in [1.82, 2.24) is 4.90 Å². The van der Waals surface area contributed by atoms with Gasteiger partial charge in [-0.1, -0.05) is 13.3 Å². The first-order chi connectivity index (χ1) is 9.29. The molecule has 0 amide bonds. The molecule has 0 aromatic heterocycles. The molecule has 1 aromatic carbocycles. The maximum absolute atomic E-state index is 5.59. The van der Waals surface area contributed by atoms with Crippen molar-refractivity contribution in [2.45, 2.75) is 38.6 Å². The first-order valence-corrected chi connectivity index (χ1v) is 7.46. The van der Waals surface area contributed by atoms with Crippen molar-refractivity contribution in [2.75, 3.05) is 32.1 Å². The van der Waals surface area contributed by atoms with Gasteiger partial charge >= 0.3 is 0 Å². The molecular weight excluding hydrogens is 236 g/mol. The molecule has 3 heteroatoms. The van der Waals surface area contributed by atoms with Crippen LogP contribution in [0.2, 0.25) is 0 Å². The van der Waals surface area contributed by atoms with Crippen LogP contribution in [0.1, 0.15) is 32.6 Å². The highest BCUT2D eigenvalue weighted by atomic mass is 16.5.